The Morgan fingerprint density at radius 1 is 1.15 bits per heavy atom. The summed E-state index contributed by atoms with van der Waals surface area (Å²) in [7, 11) is 0. The molecule has 182 valence electrons. The third-order valence-electron chi connectivity index (χ3n) is 6.41. The van der Waals surface area contributed by atoms with Gasteiger partial charge in [0.15, 0.2) is 0 Å². The van der Waals surface area contributed by atoms with Crippen LogP contribution >= 0.6 is 0 Å². The van der Waals surface area contributed by atoms with Gasteiger partial charge in [0.2, 0.25) is 11.8 Å². The van der Waals surface area contributed by atoms with E-state index in [0.717, 1.165) is 6.54 Å². The Morgan fingerprint density at radius 3 is 2.36 bits per heavy atom. The summed E-state index contributed by atoms with van der Waals surface area (Å²) in [5, 5.41) is 3.01. The molecule has 1 aromatic carbocycles. The number of hydrogen-bond donors (Lipinski definition) is 1. The normalized spacial score (nSPS) is 21.4. The number of rotatable bonds is 7. The van der Waals surface area contributed by atoms with Gasteiger partial charge in [0.25, 0.3) is 0 Å². The molecule has 2 amide bonds. The number of piperidine rings is 1. The lowest BCUT2D eigenvalue weighted by Crippen LogP contribution is -2.73. The minimum absolute atomic E-state index is 0.0802. The number of ether oxygens (including phenoxy) is 1. The Morgan fingerprint density at radius 2 is 1.79 bits per heavy atom. The summed E-state index contributed by atoms with van der Waals surface area (Å²) < 4.78 is 5.46. The Balaban J connectivity index is 1.74. The second-order valence-electron chi connectivity index (χ2n) is 10.8. The number of esters is 1. The van der Waals surface area contributed by atoms with Crippen molar-refractivity contribution in [3.8, 4) is 0 Å². The monoisotopic (exact) mass is 457 g/mol. The van der Waals surface area contributed by atoms with Gasteiger partial charge >= 0.3 is 5.97 Å². The van der Waals surface area contributed by atoms with E-state index in [1.54, 1.807) is 4.90 Å². The Bertz CT molecular complexity index is 839. The summed E-state index contributed by atoms with van der Waals surface area (Å²) in [6, 6.07) is 9.73. The molecule has 0 aliphatic carbocycles. The van der Waals surface area contributed by atoms with Crippen molar-refractivity contribution in [3.63, 3.8) is 0 Å². The molecule has 0 aromatic heterocycles. The second kappa shape index (κ2) is 10.2. The first-order valence-electron chi connectivity index (χ1n) is 12.1. The number of carbonyl (C=O) groups is 3. The van der Waals surface area contributed by atoms with Gasteiger partial charge in [0, 0.05) is 26.2 Å². The van der Waals surface area contributed by atoms with Crippen LogP contribution in [0, 0.1) is 5.92 Å². The van der Waals surface area contributed by atoms with Crippen molar-refractivity contribution in [3.05, 3.63) is 35.9 Å². The lowest BCUT2D eigenvalue weighted by molar-refractivity contribution is -0.165. The van der Waals surface area contributed by atoms with Gasteiger partial charge in [-0.3, -0.25) is 19.3 Å². The van der Waals surface area contributed by atoms with E-state index in [1.807, 2.05) is 52.8 Å². The second-order valence-corrected chi connectivity index (χ2v) is 10.8. The molecule has 1 N–H and O–H groups in total. The summed E-state index contributed by atoms with van der Waals surface area (Å²) in [5.74, 6) is -0.244. The third-order valence-corrected chi connectivity index (χ3v) is 6.41. The highest BCUT2D eigenvalue weighted by molar-refractivity contribution is 6.00. The molecule has 2 aliphatic rings. The van der Waals surface area contributed by atoms with E-state index in [4.69, 9.17) is 4.74 Å². The molecule has 0 saturated carbocycles. The van der Waals surface area contributed by atoms with Crippen LogP contribution in [0.15, 0.2) is 30.3 Å². The summed E-state index contributed by atoms with van der Waals surface area (Å²) in [6.45, 7) is 12.0. The Kier molecular flexibility index (Phi) is 7.83. The van der Waals surface area contributed by atoms with Gasteiger partial charge in [-0.15, -0.1) is 0 Å². The zero-order chi connectivity index (χ0) is 24.2. The predicted octanol–water partition coefficient (Wildman–Crippen LogP) is 3.13. The van der Waals surface area contributed by atoms with E-state index in [1.165, 1.54) is 5.56 Å². The van der Waals surface area contributed by atoms with Crippen LogP contribution < -0.4 is 5.32 Å². The van der Waals surface area contributed by atoms with Gasteiger partial charge in [-0.25, -0.2) is 0 Å². The topological polar surface area (TPSA) is 79.0 Å². The number of benzene rings is 1. The smallest absolute Gasteiger partial charge is 0.308 e. The van der Waals surface area contributed by atoms with Gasteiger partial charge in [-0.2, -0.15) is 0 Å². The van der Waals surface area contributed by atoms with Crippen molar-refractivity contribution in [1.29, 1.82) is 0 Å². The van der Waals surface area contributed by atoms with Crippen LogP contribution in [0.1, 0.15) is 65.9 Å². The molecule has 7 heteroatoms. The van der Waals surface area contributed by atoms with Crippen molar-refractivity contribution in [1.82, 2.24) is 15.1 Å². The highest BCUT2D eigenvalue weighted by atomic mass is 16.6. The number of nitrogens with one attached hydrogen (secondary N) is 1. The van der Waals surface area contributed by atoms with Gasteiger partial charge in [0.05, 0.1) is 6.42 Å². The molecule has 1 unspecified atom stereocenters. The molecule has 3 rings (SSSR count). The summed E-state index contributed by atoms with van der Waals surface area (Å²) >= 11 is 0. The lowest BCUT2D eigenvalue weighted by atomic mass is 9.80. The number of carbonyl (C=O) groups excluding carboxylic acids is 3. The van der Waals surface area contributed by atoms with Crippen LogP contribution in [-0.4, -0.2) is 64.4 Å². The summed E-state index contributed by atoms with van der Waals surface area (Å²) in [5.41, 5.74) is -0.253. The summed E-state index contributed by atoms with van der Waals surface area (Å²) in [4.78, 5) is 43.3. The first-order valence-corrected chi connectivity index (χ1v) is 12.1. The number of piperazine rings is 1. The van der Waals surface area contributed by atoms with Crippen molar-refractivity contribution < 1.29 is 19.1 Å². The molecular weight excluding hydrogens is 418 g/mol. The first-order chi connectivity index (χ1) is 15.5. The van der Waals surface area contributed by atoms with Gasteiger partial charge in [0.1, 0.15) is 17.2 Å². The Labute approximate surface area is 197 Å². The molecule has 33 heavy (non-hydrogen) atoms. The molecule has 1 atom stereocenters. The van der Waals surface area contributed by atoms with Crippen molar-refractivity contribution in [2.75, 3.05) is 19.6 Å². The fourth-order valence-corrected chi connectivity index (χ4v) is 4.85. The van der Waals surface area contributed by atoms with Crippen LogP contribution in [0.4, 0.5) is 0 Å². The van der Waals surface area contributed by atoms with Gasteiger partial charge in [-0.05, 0) is 51.5 Å². The van der Waals surface area contributed by atoms with Crippen molar-refractivity contribution in [2.45, 2.75) is 84.0 Å². The van der Waals surface area contributed by atoms with Crippen LogP contribution in [0.25, 0.3) is 0 Å². The van der Waals surface area contributed by atoms with Gasteiger partial charge in [-0.1, -0.05) is 44.2 Å². The van der Waals surface area contributed by atoms with E-state index in [-0.39, 0.29) is 36.7 Å². The summed E-state index contributed by atoms with van der Waals surface area (Å²) in [6.07, 6.45) is 1.78. The van der Waals surface area contributed by atoms with Crippen LogP contribution in [0.2, 0.25) is 0 Å². The van der Waals surface area contributed by atoms with Gasteiger partial charge < -0.3 is 15.0 Å². The predicted molar refractivity (Wildman–Crippen MR) is 127 cm³/mol. The molecule has 2 heterocycles. The standard InChI is InChI=1S/C26H39N3O4/c1-19(2)17-21-23(31)29(14-11-22(30)33-25(3,4)5)26(24(32)27-21)12-15-28(16-13-26)18-20-9-7-6-8-10-20/h6-10,19,21H,11-18H2,1-5H3,(H,27,32). The average Bonchev–Trinajstić information content (AvgIpc) is 2.72. The van der Waals surface area contributed by atoms with E-state index in [2.05, 4.69) is 22.3 Å². The third kappa shape index (κ3) is 6.34. The van der Waals surface area contributed by atoms with Crippen LogP contribution in [0.5, 0.6) is 0 Å². The zero-order valence-corrected chi connectivity index (χ0v) is 20.7. The van der Waals surface area contributed by atoms with Crippen molar-refractivity contribution in [2.24, 2.45) is 5.92 Å². The molecule has 2 saturated heterocycles. The minimum Gasteiger partial charge on any atom is -0.460 e. The first kappa shape index (κ1) is 25.2. The zero-order valence-electron chi connectivity index (χ0n) is 20.7. The number of amides is 2. The van der Waals surface area contributed by atoms with E-state index < -0.39 is 17.2 Å². The highest BCUT2D eigenvalue weighted by Gasteiger charge is 2.53. The molecular formula is C26H39N3O4. The van der Waals surface area contributed by atoms with Crippen molar-refractivity contribution >= 4 is 17.8 Å². The number of likely N-dealkylation sites (tertiary alicyclic amines) is 1. The number of hydrogen-bond acceptors (Lipinski definition) is 5. The van der Waals surface area contributed by atoms with Crippen LogP contribution in [-0.2, 0) is 25.7 Å². The molecule has 7 nitrogen and oxygen atoms in total. The quantitative estimate of drug-likeness (QED) is 0.637. The average molecular weight is 458 g/mol. The van der Waals surface area contributed by atoms with Crippen LogP contribution in [0.3, 0.4) is 0 Å². The fraction of sp³-hybridized carbons (Fsp3) is 0.654. The molecule has 2 fully saturated rings. The largest absolute Gasteiger partial charge is 0.460 e. The highest BCUT2D eigenvalue weighted by Crippen LogP contribution is 2.34. The molecule has 1 aromatic rings. The fourth-order valence-electron chi connectivity index (χ4n) is 4.85. The molecule has 0 radical (unpaired) electrons. The number of nitrogens with zero attached hydrogens (tertiary/aromatic N) is 2. The Hall–Kier alpha value is -2.41. The maximum atomic E-state index is 13.5. The molecule has 1 spiro atoms. The van der Waals surface area contributed by atoms with E-state index >= 15 is 0 Å². The van der Waals surface area contributed by atoms with E-state index in [0.29, 0.717) is 32.4 Å². The minimum atomic E-state index is -0.903. The molecule has 2 aliphatic heterocycles. The maximum absolute atomic E-state index is 13.5. The lowest BCUT2D eigenvalue weighted by Gasteiger charge is -2.51. The SMILES string of the molecule is CC(C)CC1NC(=O)C2(CCN(Cc3ccccc3)CC2)N(CCC(=O)OC(C)(C)C)C1=O. The maximum Gasteiger partial charge on any atom is 0.308 e. The molecule has 0 bridgehead atoms. The van der Waals surface area contributed by atoms with E-state index in [9.17, 15) is 14.4 Å².